The monoisotopic (exact) mass is 419 g/mol. The summed E-state index contributed by atoms with van der Waals surface area (Å²) < 4.78 is 16.3. The van der Waals surface area contributed by atoms with Gasteiger partial charge in [-0.1, -0.05) is 30.3 Å². The van der Waals surface area contributed by atoms with Crippen LogP contribution in [-0.4, -0.2) is 35.9 Å². The fraction of sp³-hybridized carbons (Fsp3) is 0.167. The number of benzene rings is 2. The van der Waals surface area contributed by atoms with E-state index in [0.717, 1.165) is 0 Å². The van der Waals surface area contributed by atoms with Crippen molar-refractivity contribution in [3.05, 3.63) is 89.4 Å². The zero-order chi connectivity index (χ0) is 22.0. The van der Waals surface area contributed by atoms with E-state index in [9.17, 15) is 14.7 Å². The Morgan fingerprint density at radius 1 is 1.03 bits per heavy atom. The van der Waals surface area contributed by atoms with Gasteiger partial charge >= 0.3 is 0 Å². The van der Waals surface area contributed by atoms with Crippen LogP contribution in [0.15, 0.2) is 76.9 Å². The number of ether oxygens (including phenoxy) is 2. The number of likely N-dealkylation sites (tertiary alicyclic amines) is 1. The highest BCUT2D eigenvalue weighted by atomic mass is 16.5. The van der Waals surface area contributed by atoms with E-state index in [2.05, 4.69) is 0 Å². The highest BCUT2D eigenvalue weighted by Gasteiger charge is 2.47. The molecule has 4 rings (SSSR count). The first-order valence-electron chi connectivity index (χ1n) is 9.63. The minimum atomic E-state index is -0.893. The quantitative estimate of drug-likeness (QED) is 0.370. The SMILES string of the molecule is COc1ccc(OC)c([C@H]2/C(=C(\O)c3ccccc3)C(=O)C(=O)N2Cc2ccco2)c1. The molecule has 0 radical (unpaired) electrons. The summed E-state index contributed by atoms with van der Waals surface area (Å²) in [7, 11) is 3.02. The van der Waals surface area contributed by atoms with E-state index in [4.69, 9.17) is 13.9 Å². The molecule has 1 fully saturated rings. The molecule has 1 atom stereocenters. The molecule has 0 saturated carbocycles. The first-order valence-corrected chi connectivity index (χ1v) is 9.63. The zero-order valence-corrected chi connectivity index (χ0v) is 17.1. The van der Waals surface area contributed by atoms with Crippen LogP contribution in [0.3, 0.4) is 0 Å². The van der Waals surface area contributed by atoms with Gasteiger partial charge in [-0.2, -0.15) is 0 Å². The van der Waals surface area contributed by atoms with Crippen LogP contribution < -0.4 is 9.47 Å². The second-order valence-electron chi connectivity index (χ2n) is 6.98. The third-order valence-corrected chi connectivity index (χ3v) is 5.22. The molecule has 1 aromatic heterocycles. The lowest BCUT2D eigenvalue weighted by molar-refractivity contribution is -0.140. The normalized spacial score (nSPS) is 17.7. The second-order valence-corrected chi connectivity index (χ2v) is 6.98. The number of ketones is 1. The Bertz CT molecular complexity index is 1130. The Kier molecular flexibility index (Phi) is 5.49. The molecule has 0 spiro atoms. The van der Waals surface area contributed by atoms with E-state index in [1.54, 1.807) is 60.7 Å². The molecular formula is C24H21NO6. The van der Waals surface area contributed by atoms with Crippen LogP contribution in [0.4, 0.5) is 0 Å². The van der Waals surface area contributed by atoms with Crippen molar-refractivity contribution in [3.63, 3.8) is 0 Å². The number of carbonyl (C=O) groups is 2. The van der Waals surface area contributed by atoms with Crippen LogP contribution in [0, 0.1) is 0 Å². The minimum Gasteiger partial charge on any atom is -0.507 e. The average molecular weight is 419 g/mol. The third-order valence-electron chi connectivity index (χ3n) is 5.22. The molecule has 1 aliphatic heterocycles. The number of hydrogen-bond donors (Lipinski definition) is 1. The van der Waals surface area contributed by atoms with Gasteiger partial charge in [0.1, 0.15) is 23.0 Å². The average Bonchev–Trinajstić information content (AvgIpc) is 3.41. The molecule has 158 valence electrons. The lowest BCUT2D eigenvalue weighted by Gasteiger charge is -2.26. The first kappa shape index (κ1) is 20.3. The fourth-order valence-electron chi connectivity index (χ4n) is 3.74. The van der Waals surface area contributed by atoms with E-state index in [1.165, 1.54) is 25.4 Å². The topological polar surface area (TPSA) is 89.2 Å². The number of carbonyl (C=O) groups excluding carboxylic acids is 2. The second kappa shape index (κ2) is 8.39. The van der Waals surface area contributed by atoms with E-state index in [0.29, 0.717) is 28.4 Å². The number of hydrogen-bond acceptors (Lipinski definition) is 6. The van der Waals surface area contributed by atoms with Crippen LogP contribution in [0.2, 0.25) is 0 Å². The predicted octanol–water partition coefficient (Wildman–Crippen LogP) is 3.92. The molecule has 1 saturated heterocycles. The highest BCUT2D eigenvalue weighted by Crippen LogP contribution is 2.44. The number of Topliss-reactive ketones (excluding diaryl/α,β-unsaturated/α-hetero) is 1. The fourth-order valence-corrected chi connectivity index (χ4v) is 3.74. The smallest absolute Gasteiger partial charge is 0.296 e. The summed E-state index contributed by atoms with van der Waals surface area (Å²) in [6.07, 6.45) is 1.50. The Hall–Kier alpha value is -4.00. The summed E-state index contributed by atoms with van der Waals surface area (Å²) in [6.45, 7) is 0.0498. The number of aliphatic hydroxyl groups excluding tert-OH is 1. The molecule has 1 N–H and O–H groups in total. The molecule has 1 amide bonds. The molecule has 2 aromatic carbocycles. The highest BCUT2D eigenvalue weighted by molar-refractivity contribution is 6.46. The maximum Gasteiger partial charge on any atom is 0.296 e. The van der Waals surface area contributed by atoms with Crippen molar-refractivity contribution in [3.8, 4) is 11.5 Å². The summed E-state index contributed by atoms with van der Waals surface area (Å²) in [5.74, 6) is -0.272. The van der Waals surface area contributed by atoms with Crippen molar-refractivity contribution in [2.45, 2.75) is 12.6 Å². The Morgan fingerprint density at radius 2 is 1.81 bits per heavy atom. The Labute approximate surface area is 179 Å². The van der Waals surface area contributed by atoms with Gasteiger partial charge in [-0.05, 0) is 30.3 Å². The van der Waals surface area contributed by atoms with Gasteiger partial charge < -0.3 is 23.9 Å². The molecule has 31 heavy (non-hydrogen) atoms. The zero-order valence-electron chi connectivity index (χ0n) is 17.1. The molecule has 0 bridgehead atoms. The van der Waals surface area contributed by atoms with E-state index < -0.39 is 17.7 Å². The number of nitrogens with zero attached hydrogens (tertiary/aromatic N) is 1. The molecular weight excluding hydrogens is 398 g/mol. The summed E-state index contributed by atoms with van der Waals surface area (Å²) in [5, 5.41) is 11.1. The largest absolute Gasteiger partial charge is 0.507 e. The van der Waals surface area contributed by atoms with Crippen LogP contribution in [0.5, 0.6) is 11.5 Å². The van der Waals surface area contributed by atoms with E-state index >= 15 is 0 Å². The minimum absolute atomic E-state index is 0.0192. The van der Waals surface area contributed by atoms with Gasteiger partial charge in [0.05, 0.1) is 38.6 Å². The summed E-state index contributed by atoms with van der Waals surface area (Å²) >= 11 is 0. The van der Waals surface area contributed by atoms with Gasteiger partial charge in [0.15, 0.2) is 0 Å². The number of methoxy groups -OCH3 is 2. The van der Waals surface area contributed by atoms with Gasteiger partial charge in [0.2, 0.25) is 0 Å². The lowest BCUT2D eigenvalue weighted by atomic mass is 9.94. The molecule has 1 aliphatic rings. The number of aliphatic hydroxyl groups is 1. The number of rotatable bonds is 6. The van der Waals surface area contributed by atoms with Crippen LogP contribution in [0.25, 0.3) is 5.76 Å². The maximum atomic E-state index is 13.1. The van der Waals surface area contributed by atoms with Gasteiger partial charge in [-0.15, -0.1) is 0 Å². The number of amides is 1. The van der Waals surface area contributed by atoms with Crippen LogP contribution in [0.1, 0.15) is 22.9 Å². The summed E-state index contributed by atoms with van der Waals surface area (Å²) in [6, 6.07) is 16.3. The maximum absolute atomic E-state index is 13.1. The molecule has 3 aromatic rings. The summed E-state index contributed by atoms with van der Waals surface area (Å²) in [4.78, 5) is 27.5. The first-order chi connectivity index (χ1) is 15.0. The molecule has 0 unspecified atom stereocenters. The van der Waals surface area contributed by atoms with Gasteiger partial charge in [0.25, 0.3) is 11.7 Å². The van der Waals surface area contributed by atoms with Crippen LogP contribution in [-0.2, 0) is 16.1 Å². The molecule has 2 heterocycles. The third kappa shape index (κ3) is 3.66. The van der Waals surface area contributed by atoms with Gasteiger partial charge in [0, 0.05) is 11.1 Å². The van der Waals surface area contributed by atoms with Crippen molar-refractivity contribution < 1.29 is 28.6 Å². The molecule has 7 nitrogen and oxygen atoms in total. The van der Waals surface area contributed by atoms with Crippen LogP contribution >= 0.6 is 0 Å². The van der Waals surface area contributed by atoms with Crippen molar-refractivity contribution in [2.75, 3.05) is 14.2 Å². The van der Waals surface area contributed by atoms with E-state index in [-0.39, 0.29) is 17.9 Å². The van der Waals surface area contributed by atoms with Gasteiger partial charge in [-0.3, -0.25) is 9.59 Å². The summed E-state index contributed by atoms with van der Waals surface area (Å²) in [5.41, 5.74) is 0.935. The predicted molar refractivity (Wildman–Crippen MR) is 113 cm³/mol. The van der Waals surface area contributed by atoms with Gasteiger partial charge in [-0.25, -0.2) is 0 Å². The van der Waals surface area contributed by atoms with Crippen molar-refractivity contribution >= 4 is 17.4 Å². The standard InChI is InChI=1S/C24H21NO6/c1-29-16-10-11-19(30-2)18(13-16)21-20(22(26)15-7-4-3-5-8-15)23(27)24(28)25(21)14-17-9-6-12-31-17/h3-13,21,26H,14H2,1-2H3/b22-20+/t21-/m0/s1. The van der Waals surface area contributed by atoms with Crippen molar-refractivity contribution in [2.24, 2.45) is 0 Å². The Balaban J connectivity index is 1.94. The molecule has 0 aliphatic carbocycles. The number of furan rings is 1. The van der Waals surface area contributed by atoms with E-state index in [1.807, 2.05) is 0 Å². The Morgan fingerprint density at radius 3 is 2.45 bits per heavy atom. The van der Waals surface area contributed by atoms with Crippen molar-refractivity contribution in [1.82, 2.24) is 4.90 Å². The lowest BCUT2D eigenvalue weighted by Crippen LogP contribution is -2.29. The molecule has 7 heteroatoms. The van der Waals surface area contributed by atoms with Crippen molar-refractivity contribution in [1.29, 1.82) is 0 Å².